The lowest BCUT2D eigenvalue weighted by atomic mass is 10.2. The minimum absolute atomic E-state index is 0.00631. The maximum atomic E-state index is 11.9. The summed E-state index contributed by atoms with van der Waals surface area (Å²) in [6.07, 6.45) is 1.35. The molecule has 1 N–H and O–H groups in total. The Labute approximate surface area is 95.8 Å². The highest BCUT2D eigenvalue weighted by Gasteiger charge is 2.28. The SMILES string of the molecule is CC1CN(CC(=O)N2CCCC2=O)CCN1. The summed E-state index contributed by atoms with van der Waals surface area (Å²) in [5.41, 5.74) is 0. The molecule has 5 heteroatoms. The molecule has 0 radical (unpaired) electrons. The van der Waals surface area contributed by atoms with E-state index in [1.165, 1.54) is 4.90 Å². The summed E-state index contributed by atoms with van der Waals surface area (Å²) in [7, 11) is 0. The summed E-state index contributed by atoms with van der Waals surface area (Å²) in [5, 5.41) is 3.33. The molecule has 90 valence electrons. The number of nitrogens with one attached hydrogen (secondary N) is 1. The van der Waals surface area contributed by atoms with Crippen LogP contribution in [-0.4, -0.2) is 60.4 Å². The molecule has 16 heavy (non-hydrogen) atoms. The van der Waals surface area contributed by atoms with Gasteiger partial charge >= 0.3 is 0 Å². The van der Waals surface area contributed by atoms with Crippen molar-refractivity contribution in [1.29, 1.82) is 0 Å². The summed E-state index contributed by atoms with van der Waals surface area (Å²) in [6.45, 7) is 5.79. The van der Waals surface area contributed by atoms with Crippen LogP contribution in [0.4, 0.5) is 0 Å². The highest BCUT2D eigenvalue weighted by Crippen LogP contribution is 2.10. The van der Waals surface area contributed by atoms with E-state index in [1.807, 2.05) is 0 Å². The normalized spacial score (nSPS) is 27.4. The summed E-state index contributed by atoms with van der Waals surface area (Å²) in [6, 6.07) is 0.427. The van der Waals surface area contributed by atoms with Gasteiger partial charge in [-0.15, -0.1) is 0 Å². The van der Waals surface area contributed by atoms with Gasteiger partial charge in [-0.3, -0.25) is 19.4 Å². The number of hydrogen-bond donors (Lipinski definition) is 1. The lowest BCUT2D eigenvalue weighted by Gasteiger charge is -2.32. The Morgan fingerprint density at radius 3 is 2.94 bits per heavy atom. The van der Waals surface area contributed by atoms with Crippen molar-refractivity contribution < 1.29 is 9.59 Å². The molecule has 1 unspecified atom stereocenters. The number of amides is 2. The summed E-state index contributed by atoms with van der Waals surface area (Å²) >= 11 is 0. The maximum Gasteiger partial charge on any atom is 0.243 e. The van der Waals surface area contributed by atoms with Gasteiger partial charge < -0.3 is 5.32 Å². The molecule has 2 fully saturated rings. The molecule has 0 spiro atoms. The van der Waals surface area contributed by atoms with Crippen LogP contribution in [-0.2, 0) is 9.59 Å². The minimum Gasteiger partial charge on any atom is -0.312 e. The Morgan fingerprint density at radius 2 is 2.31 bits per heavy atom. The zero-order chi connectivity index (χ0) is 11.5. The van der Waals surface area contributed by atoms with Gasteiger partial charge in [0, 0.05) is 38.6 Å². The van der Waals surface area contributed by atoms with E-state index < -0.39 is 0 Å². The van der Waals surface area contributed by atoms with Crippen LogP contribution in [0.5, 0.6) is 0 Å². The van der Waals surface area contributed by atoms with Crippen LogP contribution in [0.3, 0.4) is 0 Å². The number of carbonyl (C=O) groups is 2. The number of rotatable bonds is 2. The Hall–Kier alpha value is -0.940. The Bertz CT molecular complexity index is 293. The van der Waals surface area contributed by atoms with Gasteiger partial charge in [0.25, 0.3) is 0 Å². The van der Waals surface area contributed by atoms with Gasteiger partial charge in [-0.2, -0.15) is 0 Å². The van der Waals surface area contributed by atoms with Crippen molar-refractivity contribution in [1.82, 2.24) is 15.1 Å². The molecular formula is C11H19N3O2. The predicted molar refractivity (Wildman–Crippen MR) is 59.9 cm³/mol. The average Bonchev–Trinajstić information content (AvgIpc) is 2.64. The molecule has 0 aromatic carbocycles. The van der Waals surface area contributed by atoms with Crippen LogP contribution in [0.1, 0.15) is 19.8 Å². The Kier molecular flexibility index (Phi) is 3.56. The largest absolute Gasteiger partial charge is 0.312 e. The third-order valence-corrected chi connectivity index (χ3v) is 3.19. The van der Waals surface area contributed by atoms with Crippen molar-refractivity contribution in [3.8, 4) is 0 Å². The molecule has 2 saturated heterocycles. The topological polar surface area (TPSA) is 52.7 Å². The molecule has 2 rings (SSSR count). The van der Waals surface area contributed by atoms with Crippen molar-refractivity contribution >= 4 is 11.8 Å². The summed E-state index contributed by atoms with van der Waals surface area (Å²) in [5.74, 6) is -0.0372. The van der Waals surface area contributed by atoms with Crippen molar-refractivity contribution in [3.63, 3.8) is 0 Å². The molecule has 2 heterocycles. The number of nitrogens with zero attached hydrogens (tertiary/aromatic N) is 2. The third kappa shape index (κ3) is 2.59. The monoisotopic (exact) mass is 225 g/mol. The zero-order valence-electron chi connectivity index (χ0n) is 9.74. The van der Waals surface area contributed by atoms with E-state index >= 15 is 0 Å². The van der Waals surface area contributed by atoms with Gasteiger partial charge in [0.2, 0.25) is 11.8 Å². The molecule has 0 aromatic rings. The first-order valence-electron chi connectivity index (χ1n) is 5.96. The number of carbonyl (C=O) groups excluding carboxylic acids is 2. The van der Waals surface area contributed by atoms with E-state index in [9.17, 15) is 9.59 Å². The maximum absolute atomic E-state index is 11.9. The number of imide groups is 1. The van der Waals surface area contributed by atoms with E-state index in [1.54, 1.807) is 0 Å². The number of likely N-dealkylation sites (tertiary alicyclic amines) is 1. The van der Waals surface area contributed by atoms with Gasteiger partial charge in [0.15, 0.2) is 0 Å². The Balaban J connectivity index is 1.84. The van der Waals surface area contributed by atoms with Crippen LogP contribution in [0, 0.1) is 0 Å². The highest BCUT2D eigenvalue weighted by molar-refractivity contribution is 5.97. The van der Waals surface area contributed by atoms with Gasteiger partial charge in [-0.05, 0) is 13.3 Å². The molecule has 1 atom stereocenters. The standard InChI is InChI=1S/C11H19N3O2/c1-9-7-13(6-4-12-9)8-11(16)14-5-2-3-10(14)15/h9,12H,2-8H2,1H3. The minimum atomic E-state index is -0.0309. The van der Waals surface area contributed by atoms with E-state index in [2.05, 4.69) is 17.1 Å². The number of hydrogen-bond acceptors (Lipinski definition) is 4. The lowest BCUT2D eigenvalue weighted by Crippen LogP contribution is -2.52. The van der Waals surface area contributed by atoms with E-state index in [4.69, 9.17) is 0 Å². The lowest BCUT2D eigenvalue weighted by molar-refractivity contribution is -0.142. The van der Waals surface area contributed by atoms with Crippen molar-refractivity contribution in [2.24, 2.45) is 0 Å². The fourth-order valence-electron chi connectivity index (χ4n) is 2.34. The number of piperazine rings is 1. The van der Waals surface area contributed by atoms with E-state index in [0.29, 0.717) is 25.6 Å². The smallest absolute Gasteiger partial charge is 0.243 e. The quantitative estimate of drug-likeness (QED) is 0.684. The van der Waals surface area contributed by atoms with Gasteiger partial charge in [-0.1, -0.05) is 0 Å². The van der Waals surface area contributed by atoms with Gasteiger partial charge in [0.1, 0.15) is 0 Å². The second kappa shape index (κ2) is 4.93. The van der Waals surface area contributed by atoms with Crippen LogP contribution in [0.15, 0.2) is 0 Å². The first-order valence-corrected chi connectivity index (χ1v) is 5.96. The fraction of sp³-hybridized carbons (Fsp3) is 0.818. The molecule has 2 amide bonds. The van der Waals surface area contributed by atoms with Gasteiger partial charge in [-0.25, -0.2) is 0 Å². The molecule has 5 nitrogen and oxygen atoms in total. The van der Waals surface area contributed by atoms with Crippen molar-refractivity contribution in [2.75, 3.05) is 32.7 Å². The van der Waals surface area contributed by atoms with E-state index in [-0.39, 0.29) is 11.8 Å². The third-order valence-electron chi connectivity index (χ3n) is 3.19. The fourth-order valence-corrected chi connectivity index (χ4v) is 2.34. The molecule has 0 bridgehead atoms. The second-order valence-corrected chi connectivity index (χ2v) is 4.63. The predicted octanol–water partition coefficient (Wildman–Crippen LogP) is -0.571. The molecule has 0 saturated carbocycles. The van der Waals surface area contributed by atoms with Crippen LogP contribution in [0.25, 0.3) is 0 Å². The average molecular weight is 225 g/mol. The molecule has 0 aliphatic carbocycles. The molecule has 2 aliphatic heterocycles. The summed E-state index contributed by atoms with van der Waals surface area (Å²) < 4.78 is 0. The first-order chi connectivity index (χ1) is 7.66. The molecule has 0 aromatic heterocycles. The van der Waals surface area contributed by atoms with Crippen LogP contribution in [0.2, 0.25) is 0 Å². The van der Waals surface area contributed by atoms with Crippen LogP contribution < -0.4 is 5.32 Å². The molecule has 2 aliphatic rings. The Morgan fingerprint density at radius 1 is 1.50 bits per heavy atom. The van der Waals surface area contributed by atoms with Crippen LogP contribution >= 0.6 is 0 Å². The van der Waals surface area contributed by atoms with Crippen molar-refractivity contribution in [3.05, 3.63) is 0 Å². The van der Waals surface area contributed by atoms with Gasteiger partial charge in [0.05, 0.1) is 6.54 Å². The van der Waals surface area contributed by atoms with Crippen molar-refractivity contribution in [2.45, 2.75) is 25.8 Å². The first kappa shape index (κ1) is 11.5. The highest BCUT2D eigenvalue weighted by atomic mass is 16.2. The second-order valence-electron chi connectivity index (χ2n) is 4.63. The molecular weight excluding hydrogens is 206 g/mol. The van der Waals surface area contributed by atoms with E-state index in [0.717, 1.165) is 26.1 Å². The zero-order valence-corrected chi connectivity index (χ0v) is 9.74. The summed E-state index contributed by atoms with van der Waals surface area (Å²) in [4.78, 5) is 26.8.